The van der Waals surface area contributed by atoms with Gasteiger partial charge in [-0.05, 0) is 12.1 Å². The van der Waals surface area contributed by atoms with Crippen LogP contribution >= 0.6 is 0 Å². The maximum absolute atomic E-state index is 5.58. The molecule has 0 bridgehead atoms. The number of para-hydroxylation sites is 2. The van der Waals surface area contributed by atoms with Crippen LogP contribution in [0.2, 0.25) is 0 Å². The number of nitrogens with one attached hydrogen (secondary N) is 1. The molecule has 0 unspecified atom stereocenters. The molecule has 0 saturated heterocycles. The third-order valence-electron chi connectivity index (χ3n) is 2.70. The second kappa shape index (κ2) is 5.11. The van der Waals surface area contributed by atoms with E-state index in [2.05, 4.69) is 15.4 Å². The molecule has 2 aromatic heterocycles. The Morgan fingerprint density at radius 1 is 1.37 bits per heavy atom. The van der Waals surface area contributed by atoms with Gasteiger partial charge in [0.2, 0.25) is 0 Å². The van der Waals surface area contributed by atoms with Crippen LogP contribution in [0.3, 0.4) is 0 Å². The molecule has 0 aliphatic rings. The Hall–Kier alpha value is -2.34. The number of hydrogen-bond donors (Lipinski definition) is 1. The maximum Gasteiger partial charge on any atom is 0.300 e. The summed E-state index contributed by atoms with van der Waals surface area (Å²) in [6, 6.07) is 8.10. The van der Waals surface area contributed by atoms with Crippen LogP contribution < -0.4 is 5.32 Å². The first-order chi connectivity index (χ1) is 9.35. The van der Waals surface area contributed by atoms with Crippen molar-refractivity contribution in [3.05, 3.63) is 36.7 Å². The molecule has 3 aromatic rings. The van der Waals surface area contributed by atoms with E-state index in [4.69, 9.17) is 9.15 Å². The quantitative estimate of drug-likeness (QED) is 0.761. The molecule has 2 heterocycles. The van der Waals surface area contributed by atoms with E-state index in [1.54, 1.807) is 18.0 Å². The van der Waals surface area contributed by atoms with Crippen molar-refractivity contribution in [2.24, 2.45) is 0 Å². The number of anilines is 2. The summed E-state index contributed by atoms with van der Waals surface area (Å²) in [7, 11) is 1.67. The minimum atomic E-state index is 0.465. The molecular formula is C13H14N4O2. The first kappa shape index (κ1) is 11.7. The molecule has 19 heavy (non-hydrogen) atoms. The first-order valence-corrected chi connectivity index (χ1v) is 5.99. The number of oxazole rings is 1. The highest BCUT2D eigenvalue weighted by atomic mass is 16.5. The van der Waals surface area contributed by atoms with E-state index in [-0.39, 0.29) is 0 Å². The predicted molar refractivity (Wildman–Crippen MR) is 71.4 cm³/mol. The second-order valence-electron chi connectivity index (χ2n) is 4.10. The average Bonchev–Trinajstić information content (AvgIpc) is 3.02. The van der Waals surface area contributed by atoms with Gasteiger partial charge >= 0.3 is 0 Å². The zero-order valence-corrected chi connectivity index (χ0v) is 10.5. The zero-order chi connectivity index (χ0) is 13.1. The van der Waals surface area contributed by atoms with Crippen LogP contribution in [0.25, 0.3) is 11.1 Å². The molecule has 0 aliphatic heterocycles. The number of benzene rings is 1. The second-order valence-corrected chi connectivity index (χ2v) is 4.10. The monoisotopic (exact) mass is 258 g/mol. The molecule has 6 heteroatoms. The maximum atomic E-state index is 5.58. The van der Waals surface area contributed by atoms with Gasteiger partial charge in [-0.1, -0.05) is 12.1 Å². The lowest BCUT2D eigenvalue weighted by Gasteiger charge is -1.98. The fourth-order valence-corrected chi connectivity index (χ4v) is 1.78. The van der Waals surface area contributed by atoms with Crippen molar-refractivity contribution in [1.29, 1.82) is 0 Å². The summed E-state index contributed by atoms with van der Waals surface area (Å²) in [4.78, 5) is 4.34. The fraction of sp³-hybridized carbons (Fsp3) is 0.231. The van der Waals surface area contributed by atoms with Gasteiger partial charge in [0.15, 0.2) is 5.58 Å². The van der Waals surface area contributed by atoms with Crippen molar-refractivity contribution in [2.75, 3.05) is 19.0 Å². The number of hydrogen-bond acceptors (Lipinski definition) is 5. The summed E-state index contributed by atoms with van der Waals surface area (Å²) in [5.41, 5.74) is 2.43. The smallest absolute Gasteiger partial charge is 0.300 e. The average molecular weight is 258 g/mol. The highest BCUT2D eigenvalue weighted by molar-refractivity contribution is 5.74. The summed E-state index contributed by atoms with van der Waals surface area (Å²) in [6.45, 7) is 1.34. The molecule has 3 rings (SSSR count). The molecule has 0 fully saturated rings. The molecule has 6 nitrogen and oxygen atoms in total. The molecule has 0 aliphatic carbocycles. The Morgan fingerprint density at radius 2 is 2.26 bits per heavy atom. The van der Waals surface area contributed by atoms with E-state index >= 15 is 0 Å². The first-order valence-electron chi connectivity index (χ1n) is 5.99. The molecule has 1 aromatic carbocycles. The third-order valence-corrected chi connectivity index (χ3v) is 2.70. The van der Waals surface area contributed by atoms with Crippen LogP contribution in [0.5, 0.6) is 0 Å². The molecule has 98 valence electrons. The fourth-order valence-electron chi connectivity index (χ4n) is 1.78. The van der Waals surface area contributed by atoms with Crippen LogP contribution in [0.15, 0.2) is 41.1 Å². The Morgan fingerprint density at radius 3 is 3.11 bits per heavy atom. The van der Waals surface area contributed by atoms with Crippen molar-refractivity contribution >= 4 is 22.8 Å². The Balaban J connectivity index is 1.75. The molecule has 1 N–H and O–H groups in total. The Kier molecular flexibility index (Phi) is 3.16. The number of rotatable bonds is 5. The Labute approximate surface area is 110 Å². The predicted octanol–water partition coefficient (Wildman–Crippen LogP) is 2.41. The standard InChI is InChI=1S/C13H14N4O2/c1-18-7-6-17-9-10(8-14-17)15-13-16-11-4-2-3-5-12(11)19-13/h2-5,8-9H,6-7H2,1H3,(H,15,16). The molecule has 0 saturated carbocycles. The van der Waals surface area contributed by atoms with Crippen LogP contribution in [0.1, 0.15) is 0 Å². The topological polar surface area (TPSA) is 65.1 Å². The molecule has 0 amide bonds. The Bertz CT molecular complexity index is 641. The van der Waals surface area contributed by atoms with Gasteiger partial charge in [0, 0.05) is 13.3 Å². The minimum Gasteiger partial charge on any atom is -0.423 e. The summed E-state index contributed by atoms with van der Waals surface area (Å²) in [5.74, 6) is 0. The van der Waals surface area contributed by atoms with Crippen molar-refractivity contribution < 1.29 is 9.15 Å². The van der Waals surface area contributed by atoms with E-state index in [9.17, 15) is 0 Å². The third kappa shape index (κ3) is 2.58. The van der Waals surface area contributed by atoms with Crippen LogP contribution in [-0.4, -0.2) is 28.5 Å². The van der Waals surface area contributed by atoms with E-state index < -0.39 is 0 Å². The summed E-state index contributed by atoms with van der Waals surface area (Å²) < 4.78 is 12.4. The van der Waals surface area contributed by atoms with E-state index in [0.717, 1.165) is 16.8 Å². The number of nitrogens with zero attached hydrogens (tertiary/aromatic N) is 3. The van der Waals surface area contributed by atoms with Crippen molar-refractivity contribution in [2.45, 2.75) is 6.54 Å². The molecular weight excluding hydrogens is 244 g/mol. The van der Waals surface area contributed by atoms with Crippen molar-refractivity contribution in [3.63, 3.8) is 0 Å². The van der Waals surface area contributed by atoms with Crippen LogP contribution in [0.4, 0.5) is 11.7 Å². The summed E-state index contributed by atoms with van der Waals surface area (Å²) >= 11 is 0. The van der Waals surface area contributed by atoms with Gasteiger partial charge in [0.1, 0.15) is 5.52 Å². The SMILES string of the molecule is COCCn1cc(Nc2nc3ccccc3o2)cn1. The van der Waals surface area contributed by atoms with E-state index in [1.165, 1.54) is 0 Å². The van der Waals surface area contributed by atoms with Gasteiger partial charge in [-0.3, -0.25) is 4.68 Å². The minimum absolute atomic E-state index is 0.465. The molecule has 0 atom stereocenters. The highest BCUT2D eigenvalue weighted by Gasteiger charge is 2.06. The van der Waals surface area contributed by atoms with Gasteiger partial charge in [0.25, 0.3) is 6.01 Å². The van der Waals surface area contributed by atoms with Gasteiger partial charge < -0.3 is 14.5 Å². The van der Waals surface area contributed by atoms with E-state index in [0.29, 0.717) is 19.2 Å². The van der Waals surface area contributed by atoms with Crippen LogP contribution in [0, 0.1) is 0 Å². The molecule has 0 spiro atoms. The lowest BCUT2D eigenvalue weighted by molar-refractivity contribution is 0.183. The van der Waals surface area contributed by atoms with Gasteiger partial charge in [-0.2, -0.15) is 10.1 Å². The van der Waals surface area contributed by atoms with E-state index in [1.807, 2.05) is 30.5 Å². The van der Waals surface area contributed by atoms with Gasteiger partial charge in [-0.15, -0.1) is 0 Å². The summed E-state index contributed by atoms with van der Waals surface area (Å²) in [5, 5.41) is 7.30. The lowest BCUT2D eigenvalue weighted by Crippen LogP contribution is -2.03. The molecule has 0 radical (unpaired) electrons. The van der Waals surface area contributed by atoms with Crippen molar-refractivity contribution in [1.82, 2.24) is 14.8 Å². The number of fused-ring (bicyclic) bond motifs is 1. The number of aromatic nitrogens is 3. The number of ether oxygens (including phenoxy) is 1. The zero-order valence-electron chi connectivity index (χ0n) is 10.5. The largest absolute Gasteiger partial charge is 0.423 e. The van der Waals surface area contributed by atoms with Gasteiger partial charge in [-0.25, -0.2) is 0 Å². The van der Waals surface area contributed by atoms with Gasteiger partial charge in [0.05, 0.1) is 25.0 Å². The lowest BCUT2D eigenvalue weighted by atomic mass is 10.3. The number of methoxy groups -OCH3 is 1. The van der Waals surface area contributed by atoms with Crippen LogP contribution in [-0.2, 0) is 11.3 Å². The normalized spacial score (nSPS) is 11.0. The van der Waals surface area contributed by atoms with Crippen molar-refractivity contribution in [3.8, 4) is 0 Å². The summed E-state index contributed by atoms with van der Waals surface area (Å²) in [6.07, 6.45) is 3.61. The highest BCUT2D eigenvalue weighted by Crippen LogP contribution is 2.21.